The number of nitrogens with zero attached hydrogens (tertiary/aromatic N) is 3. The quantitative estimate of drug-likeness (QED) is 0.238. The third-order valence-corrected chi connectivity index (χ3v) is 7.05. The number of benzene rings is 2. The van der Waals surface area contributed by atoms with E-state index in [1.807, 2.05) is 24.3 Å². The summed E-state index contributed by atoms with van der Waals surface area (Å²) < 4.78 is 6.40. The number of halogens is 1. The zero-order valence-electron chi connectivity index (χ0n) is 18.4. The number of aryl methyl sites for hydroxylation is 2. The first-order valence-corrected chi connectivity index (χ1v) is 12.7. The van der Waals surface area contributed by atoms with Crippen LogP contribution in [0.3, 0.4) is 0 Å². The van der Waals surface area contributed by atoms with Gasteiger partial charge in [0.2, 0.25) is 11.0 Å². The Morgan fingerprint density at radius 2 is 1.87 bits per heavy atom. The third-order valence-electron chi connectivity index (χ3n) is 5.29. The highest BCUT2D eigenvalue weighted by molar-refractivity contribution is 14.1. The lowest BCUT2D eigenvalue weighted by Gasteiger charge is -2.19. The van der Waals surface area contributed by atoms with Gasteiger partial charge in [-0.1, -0.05) is 65.5 Å². The Kier molecular flexibility index (Phi) is 8.43. The number of carbonyl (C=O) groups excluding carboxylic acids is 1. The number of rotatable bonds is 9. The summed E-state index contributed by atoms with van der Waals surface area (Å²) in [5, 5.41) is 10.3. The topological polar surface area (TPSA) is 55.3 Å². The molecule has 0 fully saturated rings. The number of amides is 1. The maximum atomic E-state index is 13.2. The molecule has 1 amide bonds. The summed E-state index contributed by atoms with van der Waals surface area (Å²) in [5.74, 6) is 0.735. The van der Waals surface area contributed by atoms with Gasteiger partial charge in [0.05, 0.1) is 13.5 Å². The number of para-hydroxylation sites is 1. The minimum atomic E-state index is 0.00766. The van der Waals surface area contributed by atoms with Crippen molar-refractivity contribution in [1.29, 1.82) is 0 Å². The molecule has 0 atom stereocenters. The van der Waals surface area contributed by atoms with Gasteiger partial charge in [0.25, 0.3) is 0 Å². The number of aromatic nitrogens is 2. The largest absolute Gasteiger partial charge is 0.496 e. The zero-order valence-corrected chi connectivity index (χ0v) is 21.4. The SMILES string of the molecule is CCCCN(C(=O)Cc1ccccc1OC)c1nnc(-c2cc(C)c(CI)c(C)c2)s1. The molecule has 31 heavy (non-hydrogen) atoms. The molecule has 0 aliphatic rings. The van der Waals surface area contributed by atoms with Crippen molar-refractivity contribution in [3.05, 3.63) is 58.7 Å². The zero-order chi connectivity index (χ0) is 22.4. The van der Waals surface area contributed by atoms with Crippen molar-refractivity contribution in [2.24, 2.45) is 0 Å². The molecule has 5 nitrogen and oxygen atoms in total. The highest BCUT2D eigenvalue weighted by Gasteiger charge is 2.22. The fraction of sp³-hybridized carbons (Fsp3) is 0.375. The van der Waals surface area contributed by atoms with Crippen LogP contribution in [-0.4, -0.2) is 29.8 Å². The van der Waals surface area contributed by atoms with Crippen molar-refractivity contribution >= 4 is 45.0 Å². The van der Waals surface area contributed by atoms with E-state index in [0.717, 1.165) is 39.2 Å². The predicted molar refractivity (Wildman–Crippen MR) is 137 cm³/mol. The third kappa shape index (κ3) is 5.63. The van der Waals surface area contributed by atoms with Crippen LogP contribution in [0, 0.1) is 13.8 Å². The Morgan fingerprint density at radius 1 is 1.16 bits per heavy atom. The Balaban J connectivity index is 1.88. The van der Waals surface area contributed by atoms with E-state index in [-0.39, 0.29) is 12.3 Å². The highest BCUT2D eigenvalue weighted by Crippen LogP contribution is 2.32. The summed E-state index contributed by atoms with van der Waals surface area (Å²) in [6, 6.07) is 12.0. The molecule has 0 bridgehead atoms. The van der Waals surface area contributed by atoms with Gasteiger partial charge in [-0.3, -0.25) is 9.69 Å². The fourth-order valence-electron chi connectivity index (χ4n) is 3.52. The van der Waals surface area contributed by atoms with Crippen LogP contribution in [-0.2, 0) is 15.6 Å². The molecular weight excluding hydrogens is 521 g/mol. The molecule has 164 valence electrons. The second-order valence-corrected chi connectivity index (χ2v) is 9.22. The Hall–Kier alpha value is -2.00. The van der Waals surface area contributed by atoms with Crippen LogP contribution in [0.5, 0.6) is 5.75 Å². The number of methoxy groups -OCH3 is 1. The van der Waals surface area contributed by atoms with Crippen LogP contribution >= 0.6 is 33.9 Å². The minimum absolute atomic E-state index is 0.00766. The van der Waals surface area contributed by atoms with Gasteiger partial charge in [-0.2, -0.15) is 0 Å². The summed E-state index contributed by atoms with van der Waals surface area (Å²) >= 11 is 3.87. The van der Waals surface area contributed by atoms with Crippen LogP contribution in [0.2, 0.25) is 0 Å². The van der Waals surface area contributed by atoms with Gasteiger partial charge in [-0.05, 0) is 55.2 Å². The summed E-state index contributed by atoms with van der Waals surface area (Å²) in [6.45, 7) is 7.02. The molecule has 0 radical (unpaired) electrons. The summed E-state index contributed by atoms with van der Waals surface area (Å²) in [5.41, 5.74) is 5.82. The molecule has 7 heteroatoms. The van der Waals surface area contributed by atoms with Crippen molar-refractivity contribution in [3.63, 3.8) is 0 Å². The van der Waals surface area contributed by atoms with Gasteiger partial charge in [0.1, 0.15) is 10.8 Å². The van der Waals surface area contributed by atoms with Gasteiger partial charge in [0, 0.05) is 22.1 Å². The lowest BCUT2D eigenvalue weighted by Crippen LogP contribution is -2.33. The van der Waals surface area contributed by atoms with Crippen LogP contribution in [0.1, 0.15) is 42.0 Å². The van der Waals surface area contributed by atoms with Crippen LogP contribution < -0.4 is 9.64 Å². The monoisotopic (exact) mass is 549 g/mol. The molecular formula is C24H28IN3O2S. The smallest absolute Gasteiger partial charge is 0.233 e. The van der Waals surface area contributed by atoms with Crippen molar-refractivity contribution in [3.8, 4) is 16.3 Å². The summed E-state index contributed by atoms with van der Waals surface area (Å²) in [6.07, 6.45) is 2.18. The highest BCUT2D eigenvalue weighted by atomic mass is 127. The molecule has 0 N–H and O–H groups in total. The first-order chi connectivity index (χ1) is 15.0. The second kappa shape index (κ2) is 11.0. The van der Waals surface area contributed by atoms with Crippen LogP contribution in [0.25, 0.3) is 10.6 Å². The predicted octanol–water partition coefficient (Wildman–Crippen LogP) is 6.14. The van der Waals surface area contributed by atoms with Crippen molar-refractivity contribution in [2.75, 3.05) is 18.6 Å². The lowest BCUT2D eigenvalue weighted by atomic mass is 10.0. The van der Waals surface area contributed by atoms with Crippen LogP contribution in [0.15, 0.2) is 36.4 Å². The van der Waals surface area contributed by atoms with E-state index in [9.17, 15) is 4.79 Å². The van der Waals surface area contributed by atoms with E-state index in [0.29, 0.717) is 11.7 Å². The number of unbranched alkanes of at least 4 members (excludes halogenated alkanes) is 1. The van der Waals surface area contributed by atoms with Crippen LogP contribution in [0.4, 0.5) is 5.13 Å². The van der Waals surface area contributed by atoms with Gasteiger partial charge in [0.15, 0.2) is 0 Å². The van der Waals surface area contributed by atoms with E-state index in [2.05, 4.69) is 65.7 Å². The Labute approximate surface area is 202 Å². The van der Waals surface area contributed by atoms with E-state index < -0.39 is 0 Å². The maximum absolute atomic E-state index is 13.2. The van der Waals surface area contributed by atoms with Gasteiger partial charge in [-0.15, -0.1) is 10.2 Å². The van der Waals surface area contributed by atoms with E-state index in [4.69, 9.17) is 4.74 Å². The number of anilines is 1. The fourth-order valence-corrected chi connectivity index (χ4v) is 5.60. The molecule has 3 aromatic rings. The average molecular weight is 549 g/mol. The number of hydrogen-bond donors (Lipinski definition) is 0. The summed E-state index contributed by atoms with van der Waals surface area (Å²) in [7, 11) is 1.63. The van der Waals surface area contributed by atoms with Gasteiger partial charge < -0.3 is 4.74 Å². The lowest BCUT2D eigenvalue weighted by molar-refractivity contribution is -0.118. The average Bonchev–Trinajstić information content (AvgIpc) is 3.24. The van der Waals surface area contributed by atoms with E-state index >= 15 is 0 Å². The van der Waals surface area contributed by atoms with Crippen molar-refractivity contribution in [1.82, 2.24) is 10.2 Å². The maximum Gasteiger partial charge on any atom is 0.233 e. The molecule has 0 saturated carbocycles. The molecule has 3 rings (SSSR count). The number of alkyl halides is 1. The Bertz CT molecular complexity index is 1030. The molecule has 2 aromatic carbocycles. The Morgan fingerprint density at radius 3 is 2.52 bits per heavy atom. The normalized spacial score (nSPS) is 10.9. The number of carbonyl (C=O) groups is 1. The number of ether oxygens (including phenoxy) is 1. The van der Waals surface area contributed by atoms with E-state index in [1.165, 1.54) is 28.0 Å². The first kappa shape index (κ1) is 23.7. The van der Waals surface area contributed by atoms with Gasteiger partial charge >= 0.3 is 0 Å². The van der Waals surface area contributed by atoms with Crippen molar-refractivity contribution in [2.45, 2.75) is 44.5 Å². The molecule has 1 aromatic heterocycles. The number of hydrogen-bond acceptors (Lipinski definition) is 5. The van der Waals surface area contributed by atoms with E-state index in [1.54, 1.807) is 12.0 Å². The molecule has 0 spiro atoms. The molecule has 0 saturated heterocycles. The molecule has 1 heterocycles. The standard InChI is InChI=1S/C24H28IN3O2S/c1-5-6-11-28(22(29)14-18-9-7-8-10-21(18)30-4)24-27-26-23(31-24)19-12-16(2)20(15-25)17(3)13-19/h7-10,12-13H,5-6,11,14-15H2,1-4H3. The minimum Gasteiger partial charge on any atom is -0.496 e. The molecule has 0 aliphatic heterocycles. The second-order valence-electron chi connectivity index (χ2n) is 7.50. The first-order valence-electron chi connectivity index (χ1n) is 10.4. The molecule has 0 unspecified atom stereocenters. The van der Waals surface area contributed by atoms with Crippen molar-refractivity contribution < 1.29 is 9.53 Å². The summed E-state index contributed by atoms with van der Waals surface area (Å²) in [4.78, 5) is 15.0. The molecule has 0 aliphatic carbocycles. The van der Waals surface area contributed by atoms with Gasteiger partial charge in [-0.25, -0.2) is 0 Å².